The monoisotopic (exact) mass is 207 g/mol. The van der Waals surface area contributed by atoms with E-state index >= 15 is 0 Å². The molecule has 2 rings (SSSR count). The van der Waals surface area contributed by atoms with Crippen molar-refractivity contribution in [3.63, 3.8) is 0 Å². The number of likely N-dealkylation sites (tertiary alicyclic amines) is 1. The van der Waals surface area contributed by atoms with Crippen LogP contribution in [-0.2, 0) is 4.79 Å². The van der Waals surface area contributed by atoms with E-state index in [1.807, 2.05) is 17.9 Å². The lowest BCUT2D eigenvalue weighted by Crippen LogP contribution is -2.38. The first-order valence-electron chi connectivity index (χ1n) is 5.58. The molecule has 2 heterocycles. The Hall–Kier alpha value is -1.32. The number of H-pyrrole nitrogens is 1. The number of aromatic amines is 1. The van der Waals surface area contributed by atoms with Gasteiger partial charge in [0.1, 0.15) is 0 Å². The Labute approximate surface area is 89.7 Å². The van der Waals surface area contributed by atoms with Crippen molar-refractivity contribution in [2.75, 3.05) is 13.1 Å². The molecule has 1 aliphatic heterocycles. The van der Waals surface area contributed by atoms with E-state index in [2.05, 4.69) is 10.2 Å². The fraction of sp³-hybridized carbons (Fsp3) is 0.636. The van der Waals surface area contributed by atoms with E-state index in [-0.39, 0.29) is 5.91 Å². The molecule has 1 atom stereocenters. The minimum absolute atomic E-state index is 0.263. The first-order valence-corrected chi connectivity index (χ1v) is 5.58. The van der Waals surface area contributed by atoms with E-state index in [0.717, 1.165) is 31.6 Å². The Morgan fingerprint density at radius 3 is 3.27 bits per heavy atom. The molecule has 1 amide bonds. The summed E-state index contributed by atoms with van der Waals surface area (Å²) in [7, 11) is 0. The summed E-state index contributed by atoms with van der Waals surface area (Å²) in [5.74, 6) is 0.705. The Balaban J connectivity index is 2.01. The van der Waals surface area contributed by atoms with E-state index in [0.29, 0.717) is 12.3 Å². The van der Waals surface area contributed by atoms with Gasteiger partial charge in [-0.1, -0.05) is 6.92 Å². The van der Waals surface area contributed by atoms with Crippen LogP contribution in [0.15, 0.2) is 12.3 Å². The molecule has 4 nitrogen and oxygen atoms in total. The highest BCUT2D eigenvalue weighted by Gasteiger charge is 2.24. The SMILES string of the molecule is CCC(=O)N1CCCC(c2ccn[nH]2)C1. The molecule has 0 aliphatic carbocycles. The van der Waals surface area contributed by atoms with Gasteiger partial charge in [0.25, 0.3) is 0 Å². The van der Waals surface area contributed by atoms with Crippen LogP contribution in [0, 0.1) is 0 Å². The molecule has 0 bridgehead atoms. The third kappa shape index (κ3) is 2.19. The number of rotatable bonds is 2. The van der Waals surface area contributed by atoms with Crippen LogP contribution in [0.1, 0.15) is 37.8 Å². The predicted octanol–water partition coefficient (Wildman–Crippen LogP) is 1.53. The van der Waals surface area contributed by atoms with E-state index in [9.17, 15) is 4.79 Å². The van der Waals surface area contributed by atoms with E-state index in [1.165, 1.54) is 0 Å². The molecular formula is C11H17N3O. The van der Waals surface area contributed by atoms with Crippen molar-refractivity contribution in [2.45, 2.75) is 32.1 Å². The van der Waals surface area contributed by atoms with Crippen LogP contribution in [0.3, 0.4) is 0 Å². The Kier molecular flexibility index (Phi) is 3.04. The second-order valence-electron chi connectivity index (χ2n) is 4.04. The molecule has 0 aromatic carbocycles. The van der Waals surface area contributed by atoms with Crippen molar-refractivity contribution in [3.05, 3.63) is 18.0 Å². The lowest BCUT2D eigenvalue weighted by molar-refractivity contribution is -0.132. The molecule has 1 unspecified atom stereocenters. The molecule has 4 heteroatoms. The second-order valence-corrected chi connectivity index (χ2v) is 4.04. The summed E-state index contributed by atoms with van der Waals surface area (Å²) in [6.45, 7) is 3.67. The summed E-state index contributed by atoms with van der Waals surface area (Å²) in [6.07, 6.45) is 4.62. The average molecular weight is 207 g/mol. The van der Waals surface area contributed by atoms with Crippen LogP contribution >= 0.6 is 0 Å². The largest absolute Gasteiger partial charge is 0.342 e. The molecule has 1 aliphatic rings. The number of nitrogens with zero attached hydrogens (tertiary/aromatic N) is 2. The highest BCUT2D eigenvalue weighted by molar-refractivity contribution is 5.75. The van der Waals surface area contributed by atoms with Gasteiger partial charge in [0.15, 0.2) is 0 Å². The van der Waals surface area contributed by atoms with Crippen LogP contribution in [0.2, 0.25) is 0 Å². The van der Waals surface area contributed by atoms with Gasteiger partial charge in [-0.2, -0.15) is 5.10 Å². The minimum Gasteiger partial charge on any atom is -0.342 e. The first-order chi connectivity index (χ1) is 7.31. The smallest absolute Gasteiger partial charge is 0.222 e. The number of hydrogen-bond acceptors (Lipinski definition) is 2. The van der Waals surface area contributed by atoms with Crippen molar-refractivity contribution in [2.24, 2.45) is 0 Å². The molecule has 0 radical (unpaired) electrons. The normalized spacial score (nSPS) is 21.7. The minimum atomic E-state index is 0.263. The number of piperidine rings is 1. The van der Waals surface area contributed by atoms with E-state index < -0.39 is 0 Å². The average Bonchev–Trinajstić information content (AvgIpc) is 2.82. The van der Waals surface area contributed by atoms with Crippen LogP contribution in [-0.4, -0.2) is 34.1 Å². The predicted molar refractivity (Wildman–Crippen MR) is 57.4 cm³/mol. The Morgan fingerprint density at radius 1 is 1.73 bits per heavy atom. The summed E-state index contributed by atoms with van der Waals surface area (Å²) in [5, 5.41) is 6.96. The number of carbonyl (C=O) groups excluding carboxylic acids is 1. The lowest BCUT2D eigenvalue weighted by atomic mass is 9.95. The molecule has 82 valence electrons. The summed E-state index contributed by atoms with van der Waals surface area (Å²) >= 11 is 0. The van der Waals surface area contributed by atoms with Gasteiger partial charge >= 0.3 is 0 Å². The third-order valence-corrected chi connectivity index (χ3v) is 3.04. The van der Waals surface area contributed by atoms with Crippen LogP contribution in [0.5, 0.6) is 0 Å². The molecule has 0 spiro atoms. The Bertz CT molecular complexity index is 321. The van der Waals surface area contributed by atoms with Gasteiger partial charge < -0.3 is 4.90 Å². The van der Waals surface area contributed by atoms with Gasteiger partial charge in [-0.05, 0) is 18.9 Å². The number of amides is 1. The van der Waals surface area contributed by atoms with Crippen molar-refractivity contribution < 1.29 is 4.79 Å². The van der Waals surface area contributed by atoms with Gasteiger partial charge in [0.2, 0.25) is 5.91 Å². The maximum Gasteiger partial charge on any atom is 0.222 e. The highest BCUT2D eigenvalue weighted by atomic mass is 16.2. The van der Waals surface area contributed by atoms with Crippen molar-refractivity contribution >= 4 is 5.91 Å². The fourth-order valence-electron chi connectivity index (χ4n) is 2.18. The van der Waals surface area contributed by atoms with Gasteiger partial charge in [-0.15, -0.1) is 0 Å². The summed E-state index contributed by atoms with van der Waals surface area (Å²) in [6, 6.07) is 2.00. The fourth-order valence-corrected chi connectivity index (χ4v) is 2.18. The number of carbonyl (C=O) groups is 1. The number of nitrogens with one attached hydrogen (secondary N) is 1. The Morgan fingerprint density at radius 2 is 2.60 bits per heavy atom. The van der Waals surface area contributed by atoms with Crippen molar-refractivity contribution in [1.29, 1.82) is 0 Å². The zero-order chi connectivity index (χ0) is 10.7. The summed E-state index contributed by atoms with van der Waals surface area (Å²) < 4.78 is 0. The topological polar surface area (TPSA) is 49.0 Å². The molecular weight excluding hydrogens is 190 g/mol. The van der Waals surface area contributed by atoms with Gasteiger partial charge in [-0.3, -0.25) is 9.89 Å². The van der Waals surface area contributed by atoms with E-state index in [4.69, 9.17) is 0 Å². The summed E-state index contributed by atoms with van der Waals surface area (Å²) in [5.41, 5.74) is 1.16. The maximum absolute atomic E-state index is 11.6. The highest BCUT2D eigenvalue weighted by Crippen LogP contribution is 2.25. The van der Waals surface area contributed by atoms with Gasteiger partial charge in [0, 0.05) is 37.3 Å². The van der Waals surface area contributed by atoms with E-state index in [1.54, 1.807) is 6.20 Å². The third-order valence-electron chi connectivity index (χ3n) is 3.04. The van der Waals surface area contributed by atoms with Gasteiger partial charge in [-0.25, -0.2) is 0 Å². The van der Waals surface area contributed by atoms with Crippen LogP contribution in [0.25, 0.3) is 0 Å². The van der Waals surface area contributed by atoms with Crippen molar-refractivity contribution in [3.8, 4) is 0 Å². The molecule has 1 aromatic heterocycles. The standard InChI is InChI=1S/C11H17N3O/c1-2-11(15)14-7-3-4-9(8-14)10-5-6-12-13-10/h5-6,9H,2-4,7-8H2,1H3,(H,12,13). The van der Waals surface area contributed by atoms with Crippen molar-refractivity contribution in [1.82, 2.24) is 15.1 Å². The lowest BCUT2D eigenvalue weighted by Gasteiger charge is -2.32. The van der Waals surface area contributed by atoms with Crippen LogP contribution in [0.4, 0.5) is 0 Å². The molecule has 15 heavy (non-hydrogen) atoms. The molecule has 1 fully saturated rings. The molecule has 0 saturated carbocycles. The maximum atomic E-state index is 11.6. The zero-order valence-corrected chi connectivity index (χ0v) is 9.07. The molecule has 1 saturated heterocycles. The molecule has 1 aromatic rings. The first kappa shape index (κ1) is 10.2. The molecule has 1 N–H and O–H groups in total. The number of hydrogen-bond donors (Lipinski definition) is 1. The quantitative estimate of drug-likeness (QED) is 0.799. The zero-order valence-electron chi connectivity index (χ0n) is 9.07. The number of aromatic nitrogens is 2. The second kappa shape index (κ2) is 4.47. The summed E-state index contributed by atoms with van der Waals surface area (Å²) in [4.78, 5) is 13.5. The van der Waals surface area contributed by atoms with Gasteiger partial charge in [0.05, 0.1) is 0 Å². The van der Waals surface area contributed by atoms with Crippen LogP contribution < -0.4 is 0 Å².